The molecule has 0 radical (unpaired) electrons. The van der Waals surface area contributed by atoms with Gasteiger partial charge in [0.05, 0.1) is 17.7 Å². The molecule has 4 aromatic rings. The highest BCUT2D eigenvalue weighted by Gasteiger charge is 2.37. The molecule has 0 saturated heterocycles. The molecule has 36 heavy (non-hydrogen) atoms. The standard InChI is InChI=1S/C26H18F6N4/c1-2-22-19-8-7-14(9-15(19)13-33-22)23-20-5-3-4-6-21(20)24(36-35-23)34-18-11-16(25(27,28)29)10-17(12-18)26(30,31)32/h3-12H,2,13H2,1H3,(H,34,36). The molecule has 4 nitrogen and oxygen atoms in total. The van der Waals surface area contributed by atoms with E-state index in [-0.39, 0.29) is 11.9 Å². The highest BCUT2D eigenvalue weighted by Crippen LogP contribution is 2.39. The van der Waals surface area contributed by atoms with Crippen molar-refractivity contribution < 1.29 is 26.3 Å². The molecule has 5 rings (SSSR count). The fourth-order valence-electron chi connectivity index (χ4n) is 4.29. The zero-order valence-electron chi connectivity index (χ0n) is 18.8. The molecule has 0 bridgehead atoms. The Hall–Kier alpha value is -3.95. The molecule has 0 unspecified atom stereocenters. The maximum Gasteiger partial charge on any atom is 0.416 e. The van der Waals surface area contributed by atoms with Crippen molar-refractivity contribution in [2.75, 3.05) is 5.32 Å². The van der Waals surface area contributed by atoms with Gasteiger partial charge in [-0.05, 0) is 36.2 Å². The second kappa shape index (κ2) is 8.61. The van der Waals surface area contributed by atoms with E-state index >= 15 is 0 Å². The molecule has 0 aliphatic carbocycles. The third kappa shape index (κ3) is 4.38. The lowest BCUT2D eigenvalue weighted by molar-refractivity contribution is -0.143. The number of benzene rings is 3. The number of nitrogens with zero attached hydrogens (tertiary/aromatic N) is 3. The predicted molar refractivity (Wildman–Crippen MR) is 125 cm³/mol. The maximum atomic E-state index is 13.3. The normalized spacial score (nSPS) is 13.6. The number of hydrogen-bond acceptors (Lipinski definition) is 4. The Kier molecular flexibility index (Phi) is 5.69. The van der Waals surface area contributed by atoms with Gasteiger partial charge in [-0.15, -0.1) is 10.2 Å². The summed E-state index contributed by atoms with van der Waals surface area (Å²) in [6.07, 6.45) is -9.09. The SMILES string of the molecule is CCC1=NCc2cc(-c3nnc(Nc4cc(C(F)(F)F)cc(C(F)(F)F)c4)c4ccccc34)ccc21. The average Bonchev–Trinajstić information content (AvgIpc) is 3.25. The zero-order chi connectivity index (χ0) is 25.7. The molecule has 2 heterocycles. The van der Waals surface area contributed by atoms with Crippen LogP contribution in [0.15, 0.2) is 65.7 Å². The van der Waals surface area contributed by atoms with Crippen LogP contribution >= 0.6 is 0 Å². The minimum absolute atomic E-state index is 0.0413. The van der Waals surface area contributed by atoms with Crippen LogP contribution in [0.3, 0.4) is 0 Å². The minimum atomic E-state index is -4.95. The fourth-order valence-corrected chi connectivity index (χ4v) is 4.29. The Morgan fingerprint density at radius 1 is 0.806 bits per heavy atom. The Morgan fingerprint density at radius 2 is 1.47 bits per heavy atom. The lowest BCUT2D eigenvalue weighted by atomic mass is 9.98. The van der Waals surface area contributed by atoms with E-state index in [0.29, 0.717) is 35.1 Å². The van der Waals surface area contributed by atoms with E-state index < -0.39 is 29.2 Å². The molecule has 1 aromatic heterocycles. The molecule has 0 fully saturated rings. The summed E-state index contributed by atoms with van der Waals surface area (Å²) in [6.45, 7) is 2.60. The Balaban J connectivity index is 1.58. The van der Waals surface area contributed by atoms with Gasteiger partial charge in [0.1, 0.15) is 5.69 Å². The van der Waals surface area contributed by atoms with E-state index in [0.717, 1.165) is 28.8 Å². The van der Waals surface area contributed by atoms with Gasteiger partial charge in [-0.3, -0.25) is 4.99 Å². The van der Waals surface area contributed by atoms with Crippen molar-refractivity contribution in [1.82, 2.24) is 10.2 Å². The fraction of sp³-hybridized carbons (Fsp3) is 0.192. The summed E-state index contributed by atoms with van der Waals surface area (Å²) in [5.74, 6) is 0.0413. The maximum absolute atomic E-state index is 13.3. The third-order valence-corrected chi connectivity index (χ3v) is 6.00. The van der Waals surface area contributed by atoms with Crippen LogP contribution in [-0.4, -0.2) is 15.9 Å². The molecular weight excluding hydrogens is 482 g/mol. The third-order valence-electron chi connectivity index (χ3n) is 6.00. The second-order valence-electron chi connectivity index (χ2n) is 8.35. The Bertz CT molecular complexity index is 1470. The van der Waals surface area contributed by atoms with Gasteiger partial charge in [0.25, 0.3) is 0 Å². The van der Waals surface area contributed by atoms with Crippen LogP contribution in [0.25, 0.3) is 22.0 Å². The Morgan fingerprint density at radius 3 is 2.11 bits per heavy atom. The Labute approximate surface area is 201 Å². The van der Waals surface area contributed by atoms with Crippen molar-refractivity contribution in [2.24, 2.45) is 4.99 Å². The summed E-state index contributed by atoms with van der Waals surface area (Å²) in [4.78, 5) is 4.54. The number of anilines is 2. The van der Waals surface area contributed by atoms with E-state index in [9.17, 15) is 26.3 Å². The second-order valence-corrected chi connectivity index (χ2v) is 8.35. The molecule has 184 valence electrons. The first kappa shape index (κ1) is 23.8. The van der Waals surface area contributed by atoms with Crippen molar-refractivity contribution in [1.29, 1.82) is 0 Å². The van der Waals surface area contributed by atoms with Crippen LogP contribution in [0.2, 0.25) is 0 Å². The molecular formula is C26H18F6N4. The molecule has 0 spiro atoms. The number of nitrogens with one attached hydrogen (secondary N) is 1. The summed E-state index contributed by atoms with van der Waals surface area (Å²) in [5, 5.41) is 12.2. The molecule has 1 N–H and O–H groups in total. The average molecular weight is 500 g/mol. The van der Waals surface area contributed by atoms with Gasteiger partial charge in [-0.25, -0.2) is 0 Å². The summed E-state index contributed by atoms with van der Waals surface area (Å²) in [5.41, 5.74) is 1.28. The largest absolute Gasteiger partial charge is 0.416 e. The number of rotatable bonds is 4. The van der Waals surface area contributed by atoms with Crippen molar-refractivity contribution in [3.05, 3.63) is 82.9 Å². The molecule has 0 amide bonds. The number of aliphatic imine (C=N–C) groups is 1. The summed E-state index contributed by atoms with van der Waals surface area (Å²) >= 11 is 0. The van der Waals surface area contributed by atoms with Gasteiger partial charge < -0.3 is 5.32 Å². The molecule has 10 heteroatoms. The number of halogens is 6. The first-order chi connectivity index (χ1) is 17.0. The van der Waals surface area contributed by atoms with Gasteiger partial charge in [0.2, 0.25) is 0 Å². The van der Waals surface area contributed by atoms with Gasteiger partial charge in [-0.1, -0.05) is 43.3 Å². The van der Waals surface area contributed by atoms with Crippen molar-refractivity contribution in [3.8, 4) is 11.3 Å². The highest BCUT2D eigenvalue weighted by molar-refractivity contribution is 6.05. The van der Waals surface area contributed by atoms with Gasteiger partial charge in [-0.2, -0.15) is 26.3 Å². The van der Waals surface area contributed by atoms with Crippen LogP contribution in [-0.2, 0) is 18.9 Å². The minimum Gasteiger partial charge on any atom is -0.338 e. The summed E-state index contributed by atoms with van der Waals surface area (Å²) < 4.78 is 79.7. The zero-order valence-corrected chi connectivity index (χ0v) is 18.8. The van der Waals surface area contributed by atoms with E-state index in [1.54, 1.807) is 24.3 Å². The summed E-state index contributed by atoms with van der Waals surface area (Å²) in [7, 11) is 0. The van der Waals surface area contributed by atoms with Crippen molar-refractivity contribution in [2.45, 2.75) is 32.2 Å². The topological polar surface area (TPSA) is 50.2 Å². The first-order valence-electron chi connectivity index (χ1n) is 11.0. The molecule has 1 aliphatic heterocycles. The highest BCUT2D eigenvalue weighted by atomic mass is 19.4. The summed E-state index contributed by atoms with van der Waals surface area (Å²) in [6, 6.07) is 14.1. The van der Waals surface area contributed by atoms with E-state index in [2.05, 4.69) is 20.5 Å². The van der Waals surface area contributed by atoms with Crippen molar-refractivity contribution in [3.63, 3.8) is 0 Å². The molecule has 3 aromatic carbocycles. The van der Waals surface area contributed by atoms with E-state index in [1.807, 2.05) is 25.1 Å². The number of hydrogen-bond donors (Lipinski definition) is 1. The van der Waals surface area contributed by atoms with Crippen LogP contribution in [0.5, 0.6) is 0 Å². The van der Waals surface area contributed by atoms with Gasteiger partial charge in [0.15, 0.2) is 5.82 Å². The number of aromatic nitrogens is 2. The number of fused-ring (bicyclic) bond motifs is 2. The lowest BCUT2D eigenvalue weighted by Gasteiger charge is -2.16. The molecule has 0 saturated carbocycles. The van der Waals surface area contributed by atoms with Crippen LogP contribution in [0.1, 0.15) is 35.6 Å². The van der Waals surface area contributed by atoms with Crippen LogP contribution < -0.4 is 5.32 Å². The quantitative estimate of drug-likeness (QED) is 0.291. The van der Waals surface area contributed by atoms with Crippen molar-refractivity contribution >= 4 is 28.0 Å². The molecule has 1 aliphatic rings. The number of alkyl halides is 6. The van der Waals surface area contributed by atoms with E-state index in [1.165, 1.54) is 0 Å². The van der Waals surface area contributed by atoms with Gasteiger partial charge >= 0.3 is 12.4 Å². The first-order valence-corrected chi connectivity index (χ1v) is 11.0. The van der Waals surface area contributed by atoms with E-state index in [4.69, 9.17) is 0 Å². The van der Waals surface area contributed by atoms with Crippen LogP contribution in [0.4, 0.5) is 37.8 Å². The monoisotopic (exact) mass is 500 g/mol. The smallest absolute Gasteiger partial charge is 0.338 e. The molecule has 0 atom stereocenters. The van der Waals surface area contributed by atoms with Gasteiger partial charge in [0, 0.05) is 33.3 Å². The van der Waals surface area contributed by atoms with Crippen LogP contribution in [0, 0.1) is 0 Å². The lowest BCUT2D eigenvalue weighted by Crippen LogP contribution is -2.12. The predicted octanol–water partition coefficient (Wildman–Crippen LogP) is 7.79.